The van der Waals surface area contributed by atoms with Crippen LogP contribution in [0.2, 0.25) is 0 Å². The molecule has 4 nitrogen and oxygen atoms in total. The maximum absolute atomic E-state index is 12.9. The van der Waals surface area contributed by atoms with Crippen LogP contribution >= 0.6 is 0 Å². The quantitative estimate of drug-likeness (QED) is 0.756. The molecule has 0 aliphatic carbocycles. The molecule has 1 aromatic carbocycles. The second-order valence-electron chi connectivity index (χ2n) is 6.84. The number of hydrogen-bond donors (Lipinski definition) is 1. The topological polar surface area (TPSA) is 38.3 Å². The van der Waals surface area contributed by atoms with Gasteiger partial charge in [-0.1, -0.05) is 0 Å². The monoisotopic (exact) mass is 408 g/mol. The summed E-state index contributed by atoms with van der Waals surface area (Å²) < 4.78 is 6.21. The fourth-order valence-electron chi connectivity index (χ4n) is 3.83. The van der Waals surface area contributed by atoms with Crippen LogP contribution in [0.3, 0.4) is 0 Å². The Morgan fingerprint density at radius 2 is 1.75 bits per heavy atom. The van der Waals surface area contributed by atoms with Crippen LogP contribution in [0.25, 0.3) is 0 Å². The van der Waals surface area contributed by atoms with Crippen LogP contribution in [0.5, 0.6) is 5.75 Å². The molecule has 1 saturated heterocycles. The third-order valence-corrected chi connectivity index (χ3v) is 5.53. The fourth-order valence-corrected chi connectivity index (χ4v) is 3.83. The molecule has 1 aliphatic heterocycles. The van der Waals surface area contributed by atoms with Gasteiger partial charge in [0.05, 0.1) is 26.7 Å². The zero-order valence-corrected chi connectivity index (χ0v) is 18.7. The Hall–Kier alpha value is -0.446. The Labute approximate surface area is 171 Å². The predicted octanol–water partition coefficient (Wildman–Crippen LogP) is 3.66. The first-order chi connectivity index (χ1) is 10.9. The third kappa shape index (κ3) is 4.59. The molecule has 1 fully saturated rings. The molecule has 0 bridgehead atoms. The van der Waals surface area contributed by atoms with Crippen LogP contribution in [0.1, 0.15) is 44.2 Å². The van der Waals surface area contributed by atoms with E-state index in [4.69, 9.17) is 4.74 Å². The molecule has 1 aromatic rings. The molecule has 1 N–H and O–H groups in total. The van der Waals surface area contributed by atoms with Gasteiger partial charge in [0.2, 0.25) is 0 Å². The summed E-state index contributed by atoms with van der Waals surface area (Å²) in [5, 5.41) is 3.18. The van der Waals surface area contributed by atoms with Crippen molar-refractivity contribution in [2.75, 3.05) is 32.1 Å². The van der Waals surface area contributed by atoms with E-state index in [2.05, 4.69) is 19.2 Å². The molecular weight excluding hydrogens is 377 g/mol. The second-order valence-corrected chi connectivity index (χ2v) is 6.84. The summed E-state index contributed by atoms with van der Waals surface area (Å²) in [5.74, 6) is 0.962. The van der Waals surface area contributed by atoms with Crippen LogP contribution in [-0.4, -0.2) is 43.2 Å². The van der Waals surface area contributed by atoms with Crippen LogP contribution in [-0.2, 0) is 37.5 Å². The molecule has 0 saturated carbocycles. The van der Waals surface area contributed by atoms with Gasteiger partial charge in [-0.2, -0.15) is 0 Å². The number of piperidine rings is 1. The number of amides is 1. The number of methoxy groups -OCH3 is 1. The van der Waals surface area contributed by atoms with Gasteiger partial charge in [0.25, 0.3) is 5.91 Å². The van der Waals surface area contributed by atoms with Gasteiger partial charge in [-0.25, -0.2) is 0 Å². The van der Waals surface area contributed by atoms with Crippen LogP contribution in [0, 0.1) is 13.8 Å². The number of rotatable bonds is 5. The van der Waals surface area contributed by atoms with Crippen molar-refractivity contribution in [1.29, 1.82) is 0 Å². The molecule has 131 valence electrons. The SMILES string of the molecule is CC[N+]1(C(C)C(=O)Nc2c(C)cc(OC)cc2C)CCCCC1.[Y]. The largest absolute Gasteiger partial charge is 0.497 e. The van der Waals surface area contributed by atoms with Gasteiger partial charge in [0, 0.05) is 38.4 Å². The minimum atomic E-state index is -0.0128. The summed E-state index contributed by atoms with van der Waals surface area (Å²) in [6.45, 7) is 11.6. The molecule has 1 amide bonds. The van der Waals surface area contributed by atoms with Gasteiger partial charge in [-0.3, -0.25) is 4.79 Å². The van der Waals surface area contributed by atoms with E-state index in [9.17, 15) is 4.79 Å². The maximum atomic E-state index is 12.9. The number of aryl methyl sites for hydroxylation is 2. The van der Waals surface area contributed by atoms with Crippen LogP contribution in [0.4, 0.5) is 5.69 Å². The summed E-state index contributed by atoms with van der Waals surface area (Å²) >= 11 is 0. The minimum Gasteiger partial charge on any atom is -0.497 e. The normalized spacial score (nSPS) is 17.5. The second kappa shape index (κ2) is 9.31. The zero-order chi connectivity index (χ0) is 17.0. The van der Waals surface area contributed by atoms with Crippen molar-refractivity contribution in [2.24, 2.45) is 0 Å². The minimum absolute atomic E-state index is 0. The molecule has 24 heavy (non-hydrogen) atoms. The van der Waals surface area contributed by atoms with E-state index in [1.54, 1.807) is 7.11 Å². The predicted molar refractivity (Wildman–Crippen MR) is 94.9 cm³/mol. The van der Waals surface area contributed by atoms with Gasteiger partial charge < -0.3 is 14.5 Å². The standard InChI is InChI=1S/C19H30N2O2.Y/c1-6-21(10-8-7-9-11-21)16(4)19(22)20-18-14(2)12-17(23-5)13-15(18)3;/h12-13,16H,6-11H2,1-5H3;/p+1. The Balaban J connectivity index is 0.00000288. The molecule has 1 atom stereocenters. The Kier molecular flexibility index (Phi) is 8.37. The van der Waals surface area contributed by atoms with Crippen molar-refractivity contribution in [1.82, 2.24) is 0 Å². The zero-order valence-electron chi connectivity index (χ0n) is 15.8. The Bertz CT molecular complexity index is 545. The summed E-state index contributed by atoms with van der Waals surface area (Å²) in [5.41, 5.74) is 3.02. The van der Waals surface area contributed by atoms with Crippen molar-refractivity contribution >= 4 is 11.6 Å². The van der Waals surface area contributed by atoms with Crippen molar-refractivity contribution in [2.45, 2.75) is 53.0 Å². The van der Waals surface area contributed by atoms with Crippen LogP contribution < -0.4 is 10.1 Å². The molecule has 1 unspecified atom stereocenters. The molecule has 1 aliphatic rings. The number of nitrogens with zero attached hydrogens (tertiary/aromatic N) is 1. The van der Waals surface area contributed by atoms with E-state index < -0.39 is 0 Å². The fraction of sp³-hybridized carbons (Fsp3) is 0.632. The number of ether oxygens (including phenoxy) is 1. The van der Waals surface area contributed by atoms with Crippen LogP contribution in [0.15, 0.2) is 12.1 Å². The number of likely N-dealkylation sites (tertiary alicyclic amines) is 1. The molecule has 5 heteroatoms. The maximum Gasteiger partial charge on any atom is 0.282 e. The van der Waals surface area contributed by atoms with E-state index in [0.29, 0.717) is 0 Å². The number of quaternary nitrogens is 1. The molecular formula is C19H31N2O2Y+. The summed E-state index contributed by atoms with van der Waals surface area (Å²) in [6, 6.07) is 3.93. The number of anilines is 1. The van der Waals surface area contributed by atoms with E-state index in [1.165, 1.54) is 19.3 Å². The Morgan fingerprint density at radius 1 is 1.21 bits per heavy atom. The number of nitrogens with one attached hydrogen (secondary N) is 1. The van der Waals surface area contributed by atoms with E-state index in [0.717, 1.165) is 46.7 Å². The first kappa shape index (κ1) is 21.6. The molecule has 1 heterocycles. The molecule has 0 spiro atoms. The van der Waals surface area contributed by atoms with Gasteiger partial charge in [-0.05, 0) is 70.2 Å². The first-order valence-corrected chi connectivity index (χ1v) is 8.75. The summed E-state index contributed by atoms with van der Waals surface area (Å²) in [4.78, 5) is 12.9. The third-order valence-electron chi connectivity index (χ3n) is 5.53. The number of hydrogen-bond acceptors (Lipinski definition) is 2. The number of likely N-dealkylation sites (N-methyl/N-ethyl adjacent to an activating group) is 1. The molecule has 2 rings (SSSR count). The van der Waals surface area contributed by atoms with Crippen molar-refractivity contribution in [3.05, 3.63) is 23.3 Å². The average molecular weight is 408 g/mol. The van der Waals surface area contributed by atoms with E-state index in [-0.39, 0.29) is 44.7 Å². The Morgan fingerprint density at radius 3 is 2.21 bits per heavy atom. The average Bonchev–Trinajstić information content (AvgIpc) is 2.57. The number of carbonyl (C=O) groups is 1. The number of carbonyl (C=O) groups excluding carboxylic acids is 1. The van der Waals surface area contributed by atoms with Gasteiger partial charge >= 0.3 is 0 Å². The van der Waals surface area contributed by atoms with Crippen molar-refractivity contribution in [3.63, 3.8) is 0 Å². The van der Waals surface area contributed by atoms with Crippen molar-refractivity contribution in [3.8, 4) is 5.75 Å². The first-order valence-electron chi connectivity index (χ1n) is 8.75. The summed E-state index contributed by atoms with van der Waals surface area (Å²) in [6.07, 6.45) is 3.75. The van der Waals surface area contributed by atoms with Gasteiger partial charge in [-0.15, -0.1) is 0 Å². The summed E-state index contributed by atoms with van der Waals surface area (Å²) in [7, 11) is 1.67. The number of benzene rings is 1. The van der Waals surface area contributed by atoms with Crippen molar-refractivity contribution < 1.29 is 46.7 Å². The molecule has 1 radical (unpaired) electrons. The van der Waals surface area contributed by atoms with E-state index in [1.807, 2.05) is 26.0 Å². The van der Waals surface area contributed by atoms with E-state index >= 15 is 0 Å². The van der Waals surface area contributed by atoms with Gasteiger partial charge in [0.1, 0.15) is 5.75 Å². The van der Waals surface area contributed by atoms with Gasteiger partial charge in [0.15, 0.2) is 6.04 Å². The molecule has 0 aromatic heterocycles. The smallest absolute Gasteiger partial charge is 0.282 e.